The third-order valence-electron chi connectivity index (χ3n) is 4.28. The lowest BCUT2D eigenvalue weighted by atomic mass is 9.80. The van der Waals surface area contributed by atoms with E-state index < -0.39 is 27.3 Å². The molecule has 1 aromatic carbocycles. The van der Waals surface area contributed by atoms with Crippen molar-refractivity contribution in [2.24, 2.45) is 5.41 Å². The summed E-state index contributed by atoms with van der Waals surface area (Å²) in [6.07, 6.45) is 5.67. The summed E-state index contributed by atoms with van der Waals surface area (Å²) in [4.78, 5) is 23.8. The molecule has 1 amide bonds. The highest BCUT2D eigenvalue weighted by atomic mass is 32.2. The maximum Gasteiger partial charge on any atom is 0.311 e. The molecule has 0 atom stereocenters. The Hall–Kier alpha value is -2.41. The molecule has 0 aliphatic carbocycles. The molecule has 0 bridgehead atoms. The topological polar surface area (TPSA) is 122 Å². The van der Waals surface area contributed by atoms with E-state index in [-0.39, 0.29) is 23.5 Å². The van der Waals surface area contributed by atoms with Crippen LogP contribution in [0.15, 0.2) is 29.2 Å². The van der Waals surface area contributed by atoms with Crippen LogP contribution in [0, 0.1) is 17.8 Å². The molecule has 0 aromatic heterocycles. The van der Waals surface area contributed by atoms with Crippen molar-refractivity contribution in [2.75, 3.05) is 26.3 Å². The molecule has 1 aromatic rings. The molecule has 0 unspecified atom stereocenters. The van der Waals surface area contributed by atoms with Crippen LogP contribution in [0.4, 0.5) is 0 Å². The summed E-state index contributed by atoms with van der Waals surface area (Å²) in [5, 5.41) is 12.1. The minimum Gasteiger partial charge on any atom is -0.481 e. The fourth-order valence-electron chi connectivity index (χ4n) is 2.59. The summed E-state index contributed by atoms with van der Waals surface area (Å²) in [6.45, 7) is 0.513. The van der Waals surface area contributed by atoms with Gasteiger partial charge in [-0.3, -0.25) is 9.59 Å². The van der Waals surface area contributed by atoms with Crippen LogP contribution in [0.1, 0.15) is 23.2 Å². The molecule has 0 saturated carbocycles. The smallest absolute Gasteiger partial charge is 0.311 e. The van der Waals surface area contributed by atoms with Gasteiger partial charge < -0.3 is 15.2 Å². The first-order valence-electron chi connectivity index (χ1n) is 7.93. The van der Waals surface area contributed by atoms with Gasteiger partial charge in [0, 0.05) is 25.3 Å². The number of hydrogen-bond acceptors (Lipinski definition) is 5. The van der Waals surface area contributed by atoms with Crippen LogP contribution in [0.25, 0.3) is 0 Å². The van der Waals surface area contributed by atoms with Gasteiger partial charge in [-0.1, -0.05) is 5.92 Å². The van der Waals surface area contributed by atoms with Crippen LogP contribution in [-0.4, -0.2) is 51.7 Å². The van der Waals surface area contributed by atoms with Gasteiger partial charge in [-0.05, 0) is 37.1 Å². The van der Waals surface area contributed by atoms with Crippen molar-refractivity contribution in [1.29, 1.82) is 0 Å². The predicted octanol–water partition coefficient (Wildman–Crippen LogP) is 0.209. The quantitative estimate of drug-likeness (QED) is 0.581. The normalized spacial score (nSPS) is 16.4. The number of carbonyl (C=O) groups is 2. The first-order valence-corrected chi connectivity index (χ1v) is 9.42. The SMILES string of the molecule is C#CCNS(=O)(=O)c1ccc(C(=O)NCC2(C(=O)O)CCOCC2)cc1. The van der Waals surface area contributed by atoms with Crippen molar-refractivity contribution in [1.82, 2.24) is 10.0 Å². The van der Waals surface area contributed by atoms with Crippen LogP contribution < -0.4 is 10.0 Å². The molecular weight excluding hydrogens is 360 g/mol. The van der Waals surface area contributed by atoms with Crippen LogP contribution in [-0.2, 0) is 19.6 Å². The fraction of sp³-hybridized carbons (Fsp3) is 0.412. The lowest BCUT2D eigenvalue weighted by Crippen LogP contribution is -2.46. The van der Waals surface area contributed by atoms with Crippen molar-refractivity contribution in [3.05, 3.63) is 29.8 Å². The number of hydrogen-bond donors (Lipinski definition) is 3. The fourth-order valence-corrected chi connectivity index (χ4v) is 3.52. The summed E-state index contributed by atoms with van der Waals surface area (Å²) in [7, 11) is -3.73. The van der Waals surface area contributed by atoms with E-state index >= 15 is 0 Å². The minimum atomic E-state index is -3.73. The summed E-state index contributed by atoms with van der Waals surface area (Å²) in [5.74, 6) is 0.728. The monoisotopic (exact) mass is 380 g/mol. The molecule has 140 valence electrons. The Labute approximate surface area is 152 Å². The van der Waals surface area contributed by atoms with Crippen LogP contribution in [0.3, 0.4) is 0 Å². The molecule has 9 heteroatoms. The summed E-state index contributed by atoms with van der Waals surface area (Å²) in [6, 6.07) is 5.29. The minimum absolute atomic E-state index is 0.0178. The number of amides is 1. The second-order valence-electron chi connectivity index (χ2n) is 5.93. The largest absolute Gasteiger partial charge is 0.481 e. The van der Waals surface area contributed by atoms with Gasteiger partial charge in [-0.2, -0.15) is 4.72 Å². The molecule has 1 fully saturated rings. The molecule has 26 heavy (non-hydrogen) atoms. The van der Waals surface area contributed by atoms with Crippen LogP contribution in [0.5, 0.6) is 0 Å². The lowest BCUT2D eigenvalue weighted by Gasteiger charge is -2.33. The number of carboxylic acid groups (broad SMARTS) is 1. The number of terminal acetylenes is 1. The van der Waals surface area contributed by atoms with Crippen LogP contribution in [0.2, 0.25) is 0 Å². The van der Waals surface area contributed by atoms with Gasteiger partial charge in [0.15, 0.2) is 0 Å². The number of carbonyl (C=O) groups excluding carboxylic acids is 1. The van der Waals surface area contributed by atoms with Crippen molar-refractivity contribution in [2.45, 2.75) is 17.7 Å². The molecule has 0 spiro atoms. The van der Waals surface area contributed by atoms with Gasteiger partial charge in [0.05, 0.1) is 16.9 Å². The highest BCUT2D eigenvalue weighted by molar-refractivity contribution is 7.89. The van der Waals surface area contributed by atoms with E-state index in [2.05, 4.69) is 16.0 Å². The molecule has 1 saturated heterocycles. The first-order chi connectivity index (χ1) is 12.3. The van der Waals surface area contributed by atoms with E-state index in [0.717, 1.165) is 0 Å². The molecule has 1 aliphatic heterocycles. The highest BCUT2D eigenvalue weighted by Gasteiger charge is 2.40. The van der Waals surface area contributed by atoms with E-state index in [0.29, 0.717) is 26.1 Å². The molecule has 1 aliphatic rings. The van der Waals surface area contributed by atoms with Gasteiger partial charge in [0.1, 0.15) is 0 Å². The van der Waals surface area contributed by atoms with E-state index in [4.69, 9.17) is 11.2 Å². The second-order valence-corrected chi connectivity index (χ2v) is 7.70. The molecule has 0 radical (unpaired) electrons. The maximum absolute atomic E-state index is 12.3. The number of nitrogens with one attached hydrogen (secondary N) is 2. The van der Waals surface area contributed by atoms with E-state index in [9.17, 15) is 23.1 Å². The number of rotatable bonds is 7. The zero-order valence-corrected chi connectivity index (χ0v) is 14.8. The van der Waals surface area contributed by atoms with E-state index in [1.54, 1.807) is 0 Å². The Morgan fingerprint density at radius 1 is 1.23 bits per heavy atom. The highest BCUT2D eigenvalue weighted by Crippen LogP contribution is 2.30. The summed E-state index contributed by atoms with van der Waals surface area (Å²) in [5.41, 5.74) is -0.815. The number of ether oxygens (including phenoxy) is 1. The molecule has 8 nitrogen and oxygen atoms in total. The van der Waals surface area contributed by atoms with Crippen molar-refractivity contribution >= 4 is 21.9 Å². The average molecular weight is 380 g/mol. The zero-order valence-electron chi connectivity index (χ0n) is 14.0. The average Bonchev–Trinajstić information content (AvgIpc) is 2.65. The molecule has 3 N–H and O–H groups in total. The Morgan fingerprint density at radius 2 is 1.85 bits per heavy atom. The predicted molar refractivity (Wildman–Crippen MR) is 92.9 cm³/mol. The Bertz CT molecular complexity index is 805. The van der Waals surface area contributed by atoms with Crippen molar-refractivity contribution in [3.63, 3.8) is 0 Å². The van der Waals surface area contributed by atoms with E-state index in [1.165, 1.54) is 24.3 Å². The molecule has 1 heterocycles. The zero-order chi connectivity index (χ0) is 19.2. The Kier molecular flexibility index (Phi) is 6.37. The lowest BCUT2D eigenvalue weighted by molar-refractivity contribution is -0.154. The number of sulfonamides is 1. The van der Waals surface area contributed by atoms with Gasteiger partial charge in [-0.25, -0.2) is 8.42 Å². The molecule has 2 rings (SSSR count). The summed E-state index contributed by atoms with van der Waals surface area (Å²) >= 11 is 0. The van der Waals surface area contributed by atoms with Gasteiger partial charge in [0.2, 0.25) is 10.0 Å². The van der Waals surface area contributed by atoms with Gasteiger partial charge in [-0.15, -0.1) is 6.42 Å². The van der Waals surface area contributed by atoms with E-state index in [1.807, 2.05) is 0 Å². The number of carboxylic acids is 1. The van der Waals surface area contributed by atoms with Crippen molar-refractivity contribution < 1.29 is 27.9 Å². The maximum atomic E-state index is 12.3. The van der Waals surface area contributed by atoms with Crippen LogP contribution >= 0.6 is 0 Å². The third-order valence-corrected chi connectivity index (χ3v) is 5.70. The first kappa shape index (κ1) is 19.9. The standard InChI is InChI=1S/C17H20N2O6S/c1-2-9-19-26(23,24)14-5-3-13(4-6-14)15(20)18-12-17(16(21)22)7-10-25-11-8-17/h1,3-6,19H,7-12H2,(H,18,20)(H,21,22). The Balaban J connectivity index is 2.04. The Morgan fingerprint density at radius 3 is 2.38 bits per heavy atom. The van der Waals surface area contributed by atoms with Crippen molar-refractivity contribution in [3.8, 4) is 12.3 Å². The second kappa shape index (κ2) is 8.31. The number of aliphatic carboxylic acids is 1. The third kappa shape index (κ3) is 4.60. The molecular formula is C17H20N2O6S. The number of benzene rings is 1. The van der Waals surface area contributed by atoms with Gasteiger partial charge >= 0.3 is 5.97 Å². The van der Waals surface area contributed by atoms with Gasteiger partial charge in [0.25, 0.3) is 5.91 Å². The summed E-state index contributed by atoms with van der Waals surface area (Å²) < 4.78 is 31.3.